The molecule has 2 rings (SSSR count). The lowest BCUT2D eigenvalue weighted by Gasteiger charge is -2.58. The maximum absolute atomic E-state index is 10.3. The maximum Gasteiger partial charge on any atom is 0.0797 e. The Morgan fingerprint density at radius 2 is 2.05 bits per heavy atom. The summed E-state index contributed by atoms with van der Waals surface area (Å²) in [6, 6.07) is 0. The van der Waals surface area contributed by atoms with Crippen molar-refractivity contribution < 1.29 is 10.2 Å². The van der Waals surface area contributed by atoms with Gasteiger partial charge in [0.25, 0.3) is 0 Å². The Kier molecular flexibility index (Phi) is 4.94. The zero-order valence-electron chi connectivity index (χ0n) is 14.7. The number of hydrogen-bond donors (Lipinski definition) is 2. The molecule has 0 aromatic rings. The van der Waals surface area contributed by atoms with Gasteiger partial charge in [-0.1, -0.05) is 38.5 Å². The van der Waals surface area contributed by atoms with Gasteiger partial charge in [-0.05, 0) is 68.1 Å². The molecule has 126 valence electrons. The van der Waals surface area contributed by atoms with E-state index in [0.717, 1.165) is 32.1 Å². The molecule has 2 aliphatic carbocycles. The van der Waals surface area contributed by atoms with Crippen LogP contribution in [0.3, 0.4) is 0 Å². The van der Waals surface area contributed by atoms with Gasteiger partial charge < -0.3 is 10.2 Å². The van der Waals surface area contributed by atoms with Gasteiger partial charge >= 0.3 is 0 Å². The fourth-order valence-electron chi connectivity index (χ4n) is 5.34. The molecular weight excluding hydrogens is 272 g/mol. The molecule has 0 radical (unpaired) electrons. The molecule has 2 fully saturated rings. The first-order chi connectivity index (χ1) is 10.2. The van der Waals surface area contributed by atoms with E-state index in [2.05, 4.69) is 27.0 Å². The van der Waals surface area contributed by atoms with Crippen molar-refractivity contribution in [2.75, 3.05) is 6.61 Å². The van der Waals surface area contributed by atoms with E-state index in [1.807, 2.05) is 6.92 Å². The van der Waals surface area contributed by atoms with Gasteiger partial charge in [-0.3, -0.25) is 0 Å². The van der Waals surface area contributed by atoms with E-state index in [-0.39, 0.29) is 17.4 Å². The van der Waals surface area contributed by atoms with Crippen molar-refractivity contribution in [3.63, 3.8) is 0 Å². The maximum atomic E-state index is 10.3. The summed E-state index contributed by atoms with van der Waals surface area (Å²) in [7, 11) is 0. The first-order valence-electron chi connectivity index (χ1n) is 8.83. The zero-order chi connectivity index (χ0) is 16.6. The van der Waals surface area contributed by atoms with E-state index in [1.54, 1.807) is 6.08 Å². The summed E-state index contributed by atoms with van der Waals surface area (Å²) < 4.78 is 0. The Bertz CT molecular complexity index is 439. The van der Waals surface area contributed by atoms with E-state index in [0.29, 0.717) is 11.8 Å². The summed E-state index contributed by atoms with van der Waals surface area (Å²) in [5.41, 5.74) is 0.814. The molecule has 22 heavy (non-hydrogen) atoms. The molecule has 0 aromatic heterocycles. The second-order valence-electron chi connectivity index (χ2n) is 8.57. The second-order valence-corrected chi connectivity index (χ2v) is 8.57. The molecule has 2 nitrogen and oxygen atoms in total. The van der Waals surface area contributed by atoms with Crippen LogP contribution < -0.4 is 0 Å². The minimum absolute atomic E-state index is 0.0485. The van der Waals surface area contributed by atoms with Crippen LogP contribution in [0.1, 0.15) is 65.7 Å². The van der Waals surface area contributed by atoms with Crippen molar-refractivity contribution in [3.8, 4) is 0 Å². The summed E-state index contributed by atoms with van der Waals surface area (Å²) in [4.78, 5) is 0. The molecule has 5 atom stereocenters. The minimum Gasteiger partial charge on any atom is -0.396 e. The van der Waals surface area contributed by atoms with Gasteiger partial charge in [-0.15, -0.1) is 6.58 Å². The Balaban J connectivity index is 2.24. The van der Waals surface area contributed by atoms with Gasteiger partial charge in [0, 0.05) is 6.61 Å². The molecule has 2 saturated carbocycles. The summed E-state index contributed by atoms with van der Waals surface area (Å²) in [5.74, 6) is 1.01. The van der Waals surface area contributed by atoms with Gasteiger partial charge in [0.2, 0.25) is 0 Å². The summed E-state index contributed by atoms with van der Waals surface area (Å²) in [6.07, 6.45) is 9.10. The van der Waals surface area contributed by atoms with Crippen molar-refractivity contribution in [1.29, 1.82) is 0 Å². The normalized spacial score (nSPS) is 41.6. The first-order valence-corrected chi connectivity index (χ1v) is 8.83. The highest BCUT2D eigenvalue weighted by atomic mass is 16.3. The van der Waals surface area contributed by atoms with Gasteiger partial charge in [0.05, 0.1) is 5.60 Å². The monoisotopic (exact) mass is 306 g/mol. The smallest absolute Gasteiger partial charge is 0.0797 e. The number of allylic oxidation sites excluding steroid dienone is 1. The van der Waals surface area contributed by atoms with Crippen molar-refractivity contribution in [1.82, 2.24) is 0 Å². The quantitative estimate of drug-likeness (QED) is 0.735. The highest BCUT2D eigenvalue weighted by Gasteiger charge is 2.54. The van der Waals surface area contributed by atoms with Crippen LogP contribution in [0.2, 0.25) is 0 Å². The standard InChI is InChI=1S/C20H34O2/c1-6-19(4,22)13-10-16-15(2)8-9-17-18(3,14-21)11-7-12-20(16,17)5/h6,16-17,21-22H,1-2,7-14H2,3-5H3/t16-,17-,18-,19-,20+/m1/s1. The molecule has 0 unspecified atom stereocenters. The Morgan fingerprint density at radius 1 is 1.36 bits per heavy atom. The number of rotatable bonds is 5. The third-order valence-electron chi connectivity index (χ3n) is 6.88. The van der Waals surface area contributed by atoms with Crippen LogP contribution in [-0.4, -0.2) is 22.4 Å². The molecule has 2 N–H and O–H groups in total. The molecule has 2 heteroatoms. The highest BCUT2D eigenvalue weighted by Crippen LogP contribution is 2.61. The third kappa shape index (κ3) is 3.05. The fraction of sp³-hybridized carbons (Fsp3) is 0.800. The van der Waals surface area contributed by atoms with Crippen LogP contribution in [0.5, 0.6) is 0 Å². The van der Waals surface area contributed by atoms with Gasteiger partial charge in [0.15, 0.2) is 0 Å². The molecule has 2 aliphatic rings. The van der Waals surface area contributed by atoms with Crippen LogP contribution in [0, 0.1) is 22.7 Å². The van der Waals surface area contributed by atoms with Gasteiger partial charge in [0.1, 0.15) is 0 Å². The van der Waals surface area contributed by atoms with Crippen molar-refractivity contribution >= 4 is 0 Å². The van der Waals surface area contributed by atoms with Crippen LogP contribution in [0.15, 0.2) is 24.8 Å². The first kappa shape index (κ1) is 17.7. The van der Waals surface area contributed by atoms with Crippen LogP contribution in [-0.2, 0) is 0 Å². The molecule has 0 heterocycles. The van der Waals surface area contributed by atoms with Gasteiger partial charge in [-0.25, -0.2) is 0 Å². The van der Waals surface area contributed by atoms with E-state index in [9.17, 15) is 10.2 Å². The molecule has 0 amide bonds. The number of aliphatic hydroxyl groups is 2. The van der Waals surface area contributed by atoms with Crippen LogP contribution in [0.25, 0.3) is 0 Å². The zero-order valence-corrected chi connectivity index (χ0v) is 14.7. The predicted octanol–water partition coefficient (Wildman–Crippen LogP) is 4.47. The Morgan fingerprint density at radius 3 is 2.64 bits per heavy atom. The number of hydrogen-bond acceptors (Lipinski definition) is 2. The Labute approximate surface area is 136 Å². The molecule has 0 saturated heterocycles. The summed E-state index contributed by atoms with van der Waals surface area (Å²) in [5, 5.41) is 20.3. The second kappa shape index (κ2) is 6.13. The van der Waals surface area contributed by atoms with Crippen molar-refractivity contribution in [3.05, 3.63) is 24.8 Å². The molecule has 0 spiro atoms. The number of aliphatic hydroxyl groups excluding tert-OH is 1. The van der Waals surface area contributed by atoms with E-state index in [4.69, 9.17) is 0 Å². The van der Waals surface area contributed by atoms with Crippen LogP contribution >= 0.6 is 0 Å². The fourth-order valence-corrected chi connectivity index (χ4v) is 5.34. The molecule has 0 aromatic carbocycles. The third-order valence-corrected chi connectivity index (χ3v) is 6.88. The Hall–Kier alpha value is -0.600. The average Bonchev–Trinajstić information content (AvgIpc) is 2.46. The van der Waals surface area contributed by atoms with Gasteiger partial charge in [-0.2, -0.15) is 0 Å². The lowest BCUT2D eigenvalue weighted by Crippen LogP contribution is -2.52. The van der Waals surface area contributed by atoms with Crippen molar-refractivity contribution in [2.45, 2.75) is 71.3 Å². The predicted molar refractivity (Wildman–Crippen MR) is 92.6 cm³/mol. The molecule has 0 aliphatic heterocycles. The van der Waals surface area contributed by atoms with Crippen molar-refractivity contribution in [2.24, 2.45) is 22.7 Å². The van der Waals surface area contributed by atoms with Crippen LogP contribution in [0.4, 0.5) is 0 Å². The SMILES string of the molecule is C=C[C@@](C)(O)CC[C@@H]1C(=C)CC[C@@H]2[C@@](C)(CO)CCC[C@@]12C. The van der Waals surface area contributed by atoms with E-state index >= 15 is 0 Å². The van der Waals surface area contributed by atoms with E-state index in [1.165, 1.54) is 18.4 Å². The summed E-state index contributed by atoms with van der Waals surface area (Å²) >= 11 is 0. The number of fused-ring (bicyclic) bond motifs is 1. The van der Waals surface area contributed by atoms with E-state index < -0.39 is 5.60 Å². The largest absolute Gasteiger partial charge is 0.396 e. The lowest BCUT2D eigenvalue weighted by atomic mass is 9.46. The average molecular weight is 306 g/mol. The molecular formula is C20H34O2. The topological polar surface area (TPSA) is 40.5 Å². The lowest BCUT2D eigenvalue weighted by molar-refractivity contribution is -0.0885. The minimum atomic E-state index is -0.793. The molecule has 0 bridgehead atoms. The summed E-state index contributed by atoms with van der Waals surface area (Å²) in [6.45, 7) is 14.9. The highest BCUT2D eigenvalue weighted by molar-refractivity contribution is 5.16.